The van der Waals surface area contributed by atoms with Crippen molar-refractivity contribution in [1.29, 1.82) is 0 Å². The highest BCUT2D eigenvalue weighted by Gasteiger charge is 1.96. The molecule has 1 heterocycles. The minimum absolute atomic E-state index is 0.287. The van der Waals surface area contributed by atoms with E-state index in [-0.39, 0.29) is 10.7 Å². The van der Waals surface area contributed by atoms with Gasteiger partial charge in [-0.15, -0.1) is 12.6 Å². The average Bonchev–Trinajstić information content (AvgIpc) is 1.80. The largest absolute Gasteiger partial charge is 0.249 e. The minimum Gasteiger partial charge on any atom is -0.249 e. The van der Waals surface area contributed by atoms with Crippen LogP contribution in [0.25, 0.3) is 0 Å². The van der Waals surface area contributed by atoms with Crippen LogP contribution >= 0.6 is 35.2 Å². The fourth-order valence-electron chi connectivity index (χ4n) is 0.400. The lowest BCUT2D eigenvalue weighted by molar-refractivity contribution is 0.597. The first-order chi connectivity index (χ1) is 4.20. The minimum atomic E-state index is -0.322. The van der Waals surface area contributed by atoms with E-state index in [1.165, 1.54) is 12.3 Å². The van der Waals surface area contributed by atoms with Crippen molar-refractivity contribution in [1.82, 2.24) is 4.98 Å². The van der Waals surface area contributed by atoms with E-state index in [0.29, 0.717) is 3.70 Å². The summed E-state index contributed by atoms with van der Waals surface area (Å²) in [5.74, 6) is -0.322. The van der Waals surface area contributed by atoms with Crippen molar-refractivity contribution in [3.05, 3.63) is 21.8 Å². The van der Waals surface area contributed by atoms with Crippen LogP contribution in [0.2, 0.25) is 0 Å². The first-order valence-corrected chi connectivity index (χ1v) is 3.73. The molecule has 4 heteroatoms. The topological polar surface area (TPSA) is 12.9 Å². The van der Waals surface area contributed by atoms with E-state index in [2.05, 4.69) is 17.6 Å². The molecule has 0 aliphatic rings. The molecular weight excluding hydrogens is 252 g/mol. The van der Waals surface area contributed by atoms with Gasteiger partial charge in [-0.1, -0.05) is 0 Å². The zero-order valence-electron chi connectivity index (χ0n) is 4.31. The maximum Gasteiger partial charge on any atom is 0.140 e. The van der Waals surface area contributed by atoms with Gasteiger partial charge in [0.15, 0.2) is 0 Å². The van der Waals surface area contributed by atoms with Gasteiger partial charge in [0.05, 0.1) is 4.90 Å². The molecule has 0 saturated carbocycles. The molecule has 1 nitrogen and oxygen atoms in total. The molecule has 0 aliphatic carbocycles. The van der Waals surface area contributed by atoms with Crippen molar-refractivity contribution in [2.75, 3.05) is 0 Å². The average molecular weight is 255 g/mol. The van der Waals surface area contributed by atoms with Crippen LogP contribution in [-0.2, 0) is 0 Å². The maximum atomic E-state index is 12.5. The number of hydrogen-bond donors (Lipinski definition) is 1. The molecule has 1 aromatic heterocycles. The van der Waals surface area contributed by atoms with Crippen LogP contribution in [0.3, 0.4) is 0 Å². The summed E-state index contributed by atoms with van der Waals surface area (Å²) in [4.78, 5) is 4.10. The highest BCUT2D eigenvalue weighted by molar-refractivity contribution is 14.1. The first-order valence-electron chi connectivity index (χ1n) is 2.20. The number of nitrogens with zero attached hydrogens (tertiary/aromatic N) is 1. The molecule has 0 unspecified atom stereocenters. The Labute approximate surface area is 71.2 Å². The van der Waals surface area contributed by atoms with Crippen molar-refractivity contribution in [2.45, 2.75) is 4.90 Å². The number of hydrogen-bond acceptors (Lipinski definition) is 2. The van der Waals surface area contributed by atoms with Crippen LogP contribution in [0.4, 0.5) is 4.39 Å². The molecule has 0 N–H and O–H groups in total. The normalized spacial score (nSPS) is 9.67. The fourth-order valence-corrected chi connectivity index (χ4v) is 0.935. The molecule has 0 atom stereocenters. The van der Waals surface area contributed by atoms with Gasteiger partial charge in [-0.05, 0) is 22.6 Å². The Morgan fingerprint density at radius 1 is 1.67 bits per heavy atom. The number of pyridine rings is 1. The second kappa shape index (κ2) is 2.83. The zero-order valence-corrected chi connectivity index (χ0v) is 7.36. The third-order valence-corrected chi connectivity index (χ3v) is 1.72. The Hall–Kier alpha value is 0.160. The van der Waals surface area contributed by atoms with Crippen LogP contribution < -0.4 is 0 Å². The summed E-state index contributed by atoms with van der Waals surface area (Å²) < 4.78 is 13.1. The fraction of sp³-hybridized carbons (Fsp3) is 0. The second-order valence-corrected chi connectivity index (χ2v) is 3.05. The standard InChI is InChI=1S/C5H3FINS/c6-3-1-5(7)8-2-4(3)9/h1-2,9H. The molecule has 0 aliphatic heterocycles. The van der Waals surface area contributed by atoms with Gasteiger partial charge < -0.3 is 0 Å². The molecule has 0 spiro atoms. The molecule has 0 radical (unpaired) electrons. The summed E-state index contributed by atoms with van der Waals surface area (Å²) in [5, 5.41) is 0. The van der Waals surface area contributed by atoms with Crippen LogP contribution in [-0.4, -0.2) is 4.98 Å². The van der Waals surface area contributed by atoms with Crippen LogP contribution in [0.1, 0.15) is 0 Å². The lowest BCUT2D eigenvalue weighted by Gasteiger charge is -1.92. The summed E-state index contributed by atoms with van der Waals surface area (Å²) in [6.45, 7) is 0. The number of thiol groups is 1. The second-order valence-electron chi connectivity index (χ2n) is 1.46. The number of halogens is 2. The first kappa shape index (κ1) is 7.27. The molecule has 48 valence electrons. The highest BCUT2D eigenvalue weighted by Crippen LogP contribution is 2.11. The van der Waals surface area contributed by atoms with E-state index < -0.39 is 0 Å². The van der Waals surface area contributed by atoms with E-state index in [1.807, 2.05) is 22.6 Å². The van der Waals surface area contributed by atoms with Crippen molar-refractivity contribution in [3.63, 3.8) is 0 Å². The van der Waals surface area contributed by atoms with Crippen molar-refractivity contribution < 1.29 is 4.39 Å². The Balaban J connectivity index is 3.17. The van der Waals surface area contributed by atoms with E-state index in [9.17, 15) is 4.39 Å². The summed E-state index contributed by atoms with van der Waals surface area (Å²) >= 11 is 5.74. The summed E-state index contributed by atoms with van der Waals surface area (Å²) in [5.41, 5.74) is 0. The van der Waals surface area contributed by atoms with Gasteiger partial charge in [-0.25, -0.2) is 9.37 Å². The lowest BCUT2D eigenvalue weighted by atomic mass is 10.5. The van der Waals surface area contributed by atoms with Gasteiger partial charge in [0.2, 0.25) is 0 Å². The molecule has 0 aromatic carbocycles. The van der Waals surface area contributed by atoms with Gasteiger partial charge in [0.25, 0.3) is 0 Å². The quantitative estimate of drug-likeness (QED) is 0.425. The van der Waals surface area contributed by atoms with E-state index >= 15 is 0 Å². The number of aromatic nitrogens is 1. The van der Waals surface area contributed by atoms with Gasteiger partial charge in [0, 0.05) is 12.3 Å². The summed E-state index contributed by atoms with van der Waals surface area (Å²) in [6, 6.07) is 1.34. The highest BCUT2D eigenvalue weighted by atomic mass is 127. The third-order valence-electron chi connectivity index (χ3n) is 0.801. The van der Waals surface area contributed by atoms with Gasteiger partial charge in [-0.2, -0.15) is 0 Å². The Bertz CT molecular complexity index is 228. The van der Waals surface area contributed by atoms with Crippen molar-refractivity contribution in [3.8, 4) is 0 Å². The molecular formula is C5H3FINS. The summed E-state index contributed by atoms with van der Waals surface area (Å²) in [7, 11) is 0. The van der Waals surface area contributed by atoms with E-state index in [4.69, 9.17) is 0 Å². The van der Waals surface area contributed by atoms with Crippen molar-refractivity contribution >= 4 is 35.2 Å². The Morgan fingerprint density at radius 2 is 2.33 bits per heavy atom. The molecule has 0 fully saturated rings. The summed E-state index contributed by atoms with van der Waals surface area (Å²) in [6.07, 6.45) is 1.39. The molecule has 1 aromatic rings. The molecule has 0 amide bonds. The van der Waals surface area contributed by atoms with Crippen LogP contribution in [0.15, 0.2) is 17.2 Å². The van der Waals surface area contributed by atoms with Crippen LogP contribution in [0.5, 0.6) is 0 Å². The zero-order chi connectivity index (χ0) is 6.85. The van der Waals surface area contributed by atoms with Gasteiger partial charge >= 0.3 is 0 Å². The van der Waals surface area contributed by atoms with Gasteiger partial charge in [0.1, 0.15) is 9.52 Å². The van der Waals surface area contributed by atoms with E-state index in [0.717, 1.165) is 0 Å². The van der Waals surface area contributed by atoms with Gasteiger partial charge in [-0.3, -0.25) is 0 Å². The SMILES string of the molecule is Fc1cc(I)ncc1S. The molecule has 0 saturated heterocycles. The monoisotopic (exact) mass is 255 g/mol. The molecule has 9 heavy (non-hydrogen) atoms. The molecule has 0 bridgehead atoms. The molecule has 1 rings (SSSR count). The predicted molar refractivity (Wildman–Crippen MR) is 44.2 cm³/mol. The third kappa shape index (κ3) is 1.79. The Kier molecular flexibility index (Phi) is 2.29. The van der Waals surface area contributed by atoms with Crippen LogP contribution in [0, 0.1) is 9.52 Å². The van der Waals surface area contributed by atoms with Crippen molar-refractivity contribution in [2.24, 2.45) is 0 Å². The lowest BCUT2D eigenvalue weighted by Crippen LogP contribution is -1.83. The number of rotatable bonds is 0. The predicted octanol–water partition coefficient (Wildman–Crippen LogP) is 2.11. The van der Waals surface area contributed by atoms with E-state index in [1.54, 1.807) is 0 Å². The maximum absolute atomic E-state index is 12.5. The Morgan fingerprint density at radius 3 is 2.78 bits per heavy atom. The smallest absolute Gasteiger partial charge is 0.140 e.